The molecule has 0 saturated heterocycles. The SMILES string of the molecule is Cc1ccc(CCC2CC2c2ccc(S(N)(=O)=O)cc2)cc1F. The zero-order valence-electron chi connectivity index (χ0n) is 13.0. The summed E-state index contributed by atoms with van der Waals surface area (Å²) < 4.78 is 36.0. The first-order valence-corrected chi connectivity index (χ1v) is 9.27. The fraction of sp³-hybridized carbons (Fsp3) is 0.333. The molecule has 122 valence electrons. The third kappa shape index (κ3) is 3.79. The summed E-state index contributed by atoms with van der Waals surface area (Å²) in [6.07, 6.45) is 2.99. The van der Waals surface area contributed by atoms with Gasteiger partial charge >= 0.3 is 0 Å². The first-order chi connectivity index (χ1) is 10.8. The number of rotatable bonds is 5. The van der Waals surface area contributed by atoms with Crippen molar-refractivity contribution in [3.63, 3.8) is 0 Å². The Bertz CT molecular complexity index is 815. The zero-order chi connectivity index (χ0) is 16.6. The Labute approximate surface area is 136 Å². The second-order valence-electron chi connectivity index (χ2n) is 6.34. The lowest BCUT2D eigenvalue weighted by Gasteiger charge is -2.05. The topological polar surface area (TPSA) is 60.2 Å². The highest BCUT2D eigenvalue weighted by Crippen LogP contribution is 2.50. The Morgan fingerprint density at radius 3 is 2.48 bits per heavy atom. The minimum atomic E-state index is -3.63. The summed E-state index contributed by atoms with van der Waals surface area (Å²) in [7, 11) is -3.63. The van der Waals surface area contributed by atoms with Crippen LogP contribution in [0.25, 0.3) is 0 Å². The van der Waals surface area contributed by atoms with Gasteiger partial charge in [0.05, 0.1) is 4.90 Å². The minimum Gasteiger partial charge on any atom is -0.225 e. The van der Waals surface area contributed by atoms with Crippen LogP contribution in [0.1, 0.15) is 35.4 Å². The predicted octanol–water partition coefficient (Wildman–Crippen LogP) is 3.52. The third-order valence-corrected chi connectivity index (χ3v) is 5.53. The first-order valence-electron chi connectivity index (χ1n) is 7.72. The molecule has 23 heavy (non-hydrogen) atoms. The number of hydrogen-bond donors (Lipinski definition) is 1. The van der Waals surface area contributed by atoms with Gasteiger partial charge in [-0.15, -0.1) is 0 Å². The van der Waals surface area contributed by atoms with Crippen LogP contribution in [0.2, 0.25) is 0 Å². The van der Waals surface area contributed by atoms with E-state index >= 15 is 0 Å². The largest absolute Gasteiger partial charge is 0.238 e. The van der Waals surface area contributed by atoms with E-state index in [4.69, 9.17) is 5.14 Å². The van der Waals surface area contributed by atoms with Crippen LogP contribution < -0.4 is 5.14 Å². The molecule has 0 radical (unpaired) electrons. The van der Waals surface area contributed by atoms with Crippen LogP contribution in [-0.2, 0) is 16.4 Å². The normalized spacial score (nSPS) is 20.5. The molecule has 0 aliphatic heterocycles. The number of hydrogen-bond acceptors (Lipinski definition) is 2. The van der Waals surface area contributed by atoms with Gasteiger partial charge in [-0.3, -0.25) is 0 Å². The van der Waals surface area contributed by atoms with Gasteiger partial charge in [-0.1, -0.05) is 24.3 Å². The van der Waals surface area contributed by atoms with Gasteiger partial charge in [0.15, 0.2) is 0 Å². The summed E-state index contributed by atoms with van der Waals surface area (Å²) in [6.45, 7) is 1.77. The van der Waals surface area contributed by atoms with Crippen LogP contribution in [0.15, 0.2) is 47.4 Å². The van der Waals surface area contributed by atoms with Crippen molar-refractivity contribution in [2.24, 2.45) is 11.1 Å². The molecule has 5 heteroatoms. The first kappa shape index (κ1) is 16.1. The minimum absolute atomic E-state index is 0.145. The number of halogens is 1. The van der Waals surface area contributed by atoms with Crippen molar-refractivity contribution >= 4 is 10.0 Å². The van der Waals surface area contributed by atoms with Gasteiger partial charge in [-0.05, 0) is 72.9 Å². The van der Waals surface area contributed by atoms with Gasteiger partial charge in [0.1, 0.15) is 5.82 Å². The summed E-state index contributed by atoms with van der Waals surface area (Å²) in [5.74, 6) is 0.910. The number of sulfonamides is 1. The van der Waals surface area contributed by atoms with Gasteiger partial charge in [-0.2, -0.15) is 0 Å². The van der Waals surface area contributed by atoms with E-state index in [9.17, 15) is 12.8 Å². The Kier molecular flexibility index (Phi) is 4.25. The average Bonchev–Trinajstić information content (AvgIpc) is 3.27. The highest BCUT2D eigenvalue weighted by Gasteiger charge is 2.37. The maximum Gasteiger partial charge on any atom is 0.238 e. The molecule has 1 aliphatic rings. The fourth-order valence-electron chi connectivity index (χ4n) is 3.02. The molecule has 2 unspecified atom stereocenters. The van der Waals surface area contributed by atoms with Gasteiger partial charge in [0, 0.05) is 0 Å². The molecule has 2 atom stereocenters. The van der Waals surface area contributed by atoms with Gasteiger partial charge < -0.3 is 0 Å². The molecule has 1 fully saturated rings. The third-order valence-electron chi connectivity index (χ3n) is 4.60. The molecule has 2 N–H and O–H groups in total. The second-order valence-corrected chi connectivity index (χ2v) is 7.90. The molecular weight excluding hydrogens is 313 g/mol. The van der Waals surface area contributed by atoms with Crippen LogP contribution in [0.5, 0.6) is 0 Å². The average molecular weight is 333 g/mol. The molecule has 3 nitrogen and oxygen atoms in total. The number of benzene rings is 2. The molecule has 1 saturated carbocycles. The van der Waals surface area contributed by atoms with Crippen molar-refractivity contribution in [2.45, 2.75) is 37.0 Å². The Morgan fingerprint density at radius 2 is 1.87 bits per heavy atom. The molecule has 0 spiro atoms. The quantitative estimate of drug-likeness (QED) is 0.910. The van der Waals surface area contributed by atoms with Crippen LogP contribution >= 0.6 is 0 Å². The summed E-state index contributed by atoms with van der Waals surface area (Å²) in [5, 5.41) is 5.10. The Morgan fingerprint density at radius 1 is 1.17 bits per heavy atom. The molecule has 0 bridgehead atoms. The molecule has 0 heterocycles. The van der Waals surface area contributed by atoms with Crippen LogP contribution in [-0.4, -0.2) is 8.42 Å². The van der Waals surface area contributed by atoms with E-state index in [1.54, 1.807) is 25.1 Å². The number of nitrogens with two attached hydrogens (primary N) is 1. The lowest BCUT2D eigenvalue weighted by molar-refractivity contribution is 0.597. The van der Waals surface area contributed by atoms with E-state index in [1.807, 2.05) is 24.3 Å². The monoisotopic (exact) mass is 333 g/mol. The van der Waals surface area contributed by atoms with Crippen molar-refractivity contribution in [1.82, 2.24) is 0 Å². The predicted molar refractivity (Wildman–Crippen MR) is 88.1 cm³/mol. The van der Waals surface area contributed by atoms with Crippen molar-refractivity contribution < 1.29 is 12.8 Å². The highest BCUT2D eigenvalue weighted by molar-refractivity contribution is 7.89. The van der Waals surface area contributed by atoms with Crippen molar-refractivity contribution in [1.29, 1.82) is 0 Å². The summed E-state index contributed by atoms with van der Waals surface area (Å²) >= 11 is 0. The summed E-state index contributed by atoms with van der Waals surface area (Å²) in [6, 6.07) is 12.2. The van der Waals surface area contributed by atoms with E-state index in [1.165, 1.54) is 0 Å². The van der Waals surface area contributed by atoms with Crippen LogP contribution in [0, 0.1) is 18.7 Å². The lowest BCUT2D eigenvalue weighted by atomic mass is 10.0. The van der Waals surface area contributed by atoms with Crippen LogP contribution in [0.3, 0.4) is 0 Å². The smallest absolute Gasteiger partial charge is 0.225 e. The van der Waals surface area contributed by atoms with Crippen molar-refractivity contribution in [3.8, 4) is 0 Å². The van der Waals surface area contributed by atoms with E-state index in [0.717, 1.165) is 30.4 Å². The molecule has 3 rings (SSSR count). The zero-order valence-corrected chi connectivity index (χ0v) is 13.8. The maximum atomic E-state index is 13.5. The molecule has 1 aliphatic carbocycles. The van der Waals surface area contributed by atoms with Crippen molar-refractivity contribution in [3.05, 3.63) is 65.0 Å². The highest BCUT2D eigenvalue weighted by atomic mass is 32.2. The van der Waals surface area contributed by atoms with Gasteiger partial charge in [0.2, 0.25) is 10.0 Å². The molecule has 0 aromatic heterocycles. The lowest BCUT2D eigenvalue weighted by Crippen LogP contribution is -2.11. The molecular formula is C18H20FNO2S. The molecule has 0 amide bonds. The Balaban J connectivity index is 1.58. The fourth-order valence-corrected chi connectivity index (χ4v) is 3.54. The second kappa shape index (κ2) is 6.06. The number of aryl methyl sites for hydroxylation is 2. The summed E-state index contributed by atoms with van der Waals surface area (Å²) in [4.78, 5) is 0.147. The maximum absolute atomic E-state index is 13.5. The van der Waals surface area contributed by atoms with E-state index < -0.39 is 10.0 Å². The van der Waals surface area contributed by atoms with E-state index in [-0.39, 0.29) is 10.7 Å². The number of primary sulfonamides is 1. The standard InChI is InChI=1S/C18H20FNO2S/c1-12-2-3-13(10-18(12)19)4-5-15-11-17(15)14-6-8-16(9-7-14)23(20,21)22/h2-3,6-10,15,17H,4-5,11H2,1H3,(H2,20,21,22). The molecule has 2 aromatic carbocycles. The van der Waals surface area contributed by atoms with Gasteiger partial charge in [0.25, 0.3) is 0 Å². The van der Waals surface area contributed by atoms with E-state index in [0.29, 0.717) is 17.4 Å². The molecule has 2 aromatic rings. The van der Waals surface area contributed by atoms with Crippen LogP contribution in [0.4, 0.5) is 4.39 Å². The van der Waals surface area contributed by atoms with Crippen molar-refractivity contribution in [2.75, 3.05) is 0 Å². The Hall–Kier alpha value is -1.72. The summed E-state index contributed by atoms with van der Waals surface area (Å²) in [5.41, 5.74) is 2.86. The van der Waals surface area contributed by atoms with Gasteiger partial charge in [-0.25, -0.2) is 17.9 Å². The van der Waals surface area contributed by atoms with E-state index in [2.05, 4.69) is 0 Å².